The molecule has 0 unspecified atom stereocenters. The van der Waals surface area contributed by atoms with Crippen LogP contribution in [0.5, 0.6) is 5.75 Å². The Labute approximate surface area is 110 Å². The molecule has 0 fully saturated rings. The maximum Gasteiger partial charge on any atom is 0.222 e. The number of hydrogen-bond donors (Lipinski definition) is 2. The summed E-state index contributed by atoms with van der Waals surface area (Å²) in [6.07, 6.45) is 1.46. The number of benzene rings is 1. The Kier molecular flexibility index (Phi) is 3.84. The Balaban J connectivity index is 2.15. The van der Waals surface area contributed by atoms with Crippen molar-refractivity contribution < 1.29 is 4.74 Å². The number of rotatable bonds is 4. The molecule has 2 aromatic rings. The molecule has 2 rings (SSSR count). The highest BCUT2D eigenvalue weighted by molar-refractivity contribution is 6.32. The van der Waals surface area contributed by atoms with Gasteiger partial charge in [0.1, 0.15) is 10.8 Å². The first-order valence-corrected chi connectivity index (χ1v) is 5.84. The monoisotopic (exact) mass is 264 g/mol. The zero-order chi connectivity index (χ0) is 13.0. The van der Waals surface area contributed by atoms with E-state index in [1.54, 1.807) is 0 Å². The van der Waals surface area contributed by atoms with Crippen LogP contribution < -0.4 is 15.8 Å². The number of ether oxygens (including phenoxy) is 1. The van der Waals surface area contributed by atoms with E-state index in [2.05, 4.69) is 15.3 Å². The highest BCUT2D eigenvalue weighted by Crippen LogP contribution is 2.24. The Hall–Kier alpha value is -2.01. The van der Waals surface area contributed by atoms with Crippen molar-refractivity contribution >= 4 is 29.1 Å². The summed E-state index contributed by atoms with van der Waals surface area (Å²) in [5.74, 6) is 1.47. The Morgan fingerprint density at radius 1 is 1.33 bits per heavy atom. The van der Waals surface area contributed by atoms with Gasteiger partial charge in [-0.1, -0.05) is 11.6 Å². The minimum Gasteiger partial charge on any atom is -0.494 e. The second kappa shape index (κ2) is 5.55. The van der Waals surface area contributed by atoms with Gasteiger partial charge in [0.05, 0.1) is 12.8 Å². The van der Waals surface area contributed by atoms with Gasteiger partial charge in [-0.05, 0) is 31.2 Å². The van der Waals surface area contributed by atoms with Crippen molar-refractivity contribution in [2.75, 3.05) is 17.7 Å². The third-order valence-electron chi connectivity index (χ3n) is 2.19. The van der Waals surface area contributed by atoms with Crippen LogP contribution in [0.25, 0.3) is 0 Å². The molecule has 0 saturated heterocycles. The van der Waals surface area contributed by atoms with Crippen molar-refractivity contribution in [3.8, 4) is 5.75 Å². The molecule has 0 atom stereocenters. The second-order valence-electron chi connectivity index (χ2n) is 3.51. The molecule has 0 bridgehead atoms. The van der Waals surface area contributed by atoms with E-state index >= 15 is 0 Å². The first-order valence-electron chi connectivity index (χ1n) is 5.47. The predicted octanol–water partition coefficient (Wildman–Crippen LogP) is 2.85. The van der Waals surface area contributed by atoms with Crippen LogP contribution in [0.1, 0.15) is 6.92 Å². The van der Waals surface area contributed by atoms with Crippen LogP contribution in [0.3, 0.4) is 0 Å². The largest absolute Gasteiger partial charge is 0.494 e. The number of nitrogens with one attached hydrogen (secondary N) is 1. The lowest BCUT2D eigenvalue weighted by molar-refractivity contribution is 0.340. The van der Waals surface area contributed by atoms with Crippen molar-refractivity contribution in [1.29, 1.82) is 0 Å². The van der Waals surface area contributed by atoms with Crippen molar-refractivity contribution in [1.82, 2.24) is 9.97 Å². The maximum atomic E-state index is 5.96. The lowest BCUT2D eigenvalue weighted by atomic mass is 10.3. The summed E-state index contributed by atoms with van der Waals surface area (Å²) in [7, 11) is 0. The predicted molar refractivity (Wildman–Crippen MR) is 72.3 cm³/mol. The van der Waals surface area contributed by atoms with Crippen molar-refractivity contribution in [3.63, 3.8) is 0 Å². The molecule has 6 heteroatoms. The van der Waals surface area contributed by atoms with Crippen LogP contribution in [-0.4, -0.2) is 16.6 Å². The summed E-state index contributed by atoms with van der Waals surface area (Å²) < 4.78 is 5.35. The van der Waals surface area contributed by atoms with Gasteiger partial charge in [0.2, 0.25) is 5.95 Å². The van der Waals surface area contributed by atoms with E-state index in [1.165, 1.54) is 6.20 Å². The fraction of sp³-hybridized carbons (Fsp3) is 0.167. The molecule has 0 aliphatic rings. The molecule has 1 aromatic carbocycles. The lowest BCUT2D eigenvalue weighted by Gasteiger charge is -2.08. The summed E-state index contributed by atoms with van der Waals surface area (Å²) in [5, 5.41) is 3.48. The van der Waals surface area contributed by atoms with Crippen LogP contribution in [0.4, 0.5) is 17.5 Å². The molecule has 18 heavy (non-hydrogen) atoms. The number of anilines is 3. The van der Waals surface area contributed by atoms with Gasteiger partial charge in [0.15, 0.2) is 5.82 Å². The fourth-order valence-corrected chi connectivity index (χ4v) is 1.54. The van der Waals surface area contributed by atoms with Crippen LogP contribution in [-0.2, 0) is 0 Å². The highest BCUT2D eigenvalue weighted by atomic mass is 35.5. The van der Waals surface area contributed by atoms with E-state index < -0.39 is 0 Å². The summed E-state index contributed by atoms with van der Waals surface area (Å²) in [5.41, 5.74) is 6.35. The Bertz CT molecular complexity index is 530. The minimum atomic E-state index is 0.174. The quantitative estimate of drug-likeness (QED) is 0.888. The van der Waals surface area contributed by atoms with Crippen LogP contribution in [0, 0.1) is 0 Å². The molecular formula is C12H13ClN4O. The molecule has 0 amide bonds. The van der Waals surface area contributed by atoms with Gasteiger partial charge >= 0.3 is 0 Å². The SMILES string of the molecule is CCOc1ccc(Nc2nc(N)ncc2Cl)cc1. The van der Waals surface area contributed by atoms with E-state index in [0.717, 1.165) is 11.4 Å². The number of nitrogens with two attached hydrogens (primary N) is 1. The minimum absolute atomic E-state index is 0.174. The summed E-state index contributed by atoms with van der Waals surface area (Å²) >= 11 is 5.96. The van der Waals surface area contributed by atoms with Gasteiger partial charge in [0.25, 0.3) is 0 Å². The van der Waals surface area contributed by atoms with Gasteiger partial charge in [0, 0.05) is 5.69 Å². The van der Waals surface area contributed by atoms with Gasteiger partial charge in [-0.25, -0.2) is 4.98 Å². The topological polar surface area (TPSA) is 73.1 Å². The second-order valence-corrected chi connectivity index (χ2v) is 3.91. The summed E-state index contributed by atoms with van der Waals surface area (Å²) in [4.78, 5) is 7.81. The van der Waals surface area contributed by atoms with E-state index in [9.17, 15) is 0 Å². The third-order valence-corrected chi connectivity index (χ3v) is 2.47. The molecule has 1 heterocycles. The van der Waals surface area contributed by atoms with Gasteiger partial charge in [-0.2, -0.15) is 4.98 Å². The van der Waals surface area contributed by atoms with Crippen LogP contribution >= 0.6 is 11.6 Å². The zero-order valence-corrected chi connectivity index (χ0v) is 10.6. The van der Waals surface area contributed by atoms with Crippen LogP contribution in [0.15, 0.2) is 30.5 Å². The average Bonchev–Trinajstić information content (AvgIpc) is 2.37. The number of halogens is 1. The van der Waals surface area contributed by atoms with Gasteiger partial charge < -0.3 is 15.8 Å². The van der Waals surface area contributed by atoms with E-state index in [-0.39, 0.29) is 5.95 Å². The Morgan fingerprint density at radius 2 is 2.06 bits per heavy atom. The average molecular weight is 265 g/mol. The fourth-order valence-electron chi connectivity index (χ4n) is 1.41. The van der Waals surface area contributed by atoms with E-state index in [0.29, 0.717) is 17.4 Å². The van der Waals surface area contributed by atoms with Crippen LogP contribution in [0.2, 0.25) is 5.02 Å². The van der Waals surface area contributed by atoms with Gasteiger partial charge in [-0.3, -0.25) is 0 Å². The van der Waals surface area contributed by atoms with Crippen molar-refractivity contribution in [2.24, 2.45) is 0 Å². The Morgan fingerprint density at radius 3 is 2.72 bits per heavy atom. The number of nitrogens with zero attached hydrogens (tertiary/aromatic N) is 2. The summed E-state index contributed by atoms with van der Waals surface area (Å²) in [6.45, 7) is 2.58. The smallest absolute Gasteiger partial charge is 0.222 e. The van der Waals surface area contributed by atoms with Gasteiger partial charge in [-0.15, -0.1) is 0 Å². The van der Waals surface area contributed by atoms with E-state index in [4.69, 9.17) is 22.1 Å². The molecule has 1 aromatic heterocycles. The number of hydrogen-bond acceptors (Lipinski definition) is 5. The van der Waals surface area contributed by atoms with Crippen molar-refractivity contribution in [2.45, 2.75) is 6.92 Å². The number of aromatic nitrogens is 2. The molecule has 0 spiro atoms. The molecule has 0 aliphatic carbocycles. The lowest BCUT2D eigenvalue weighted by Crippen LogP contribution is -2.00. The summed E-state index contributed by atoms with van der Waals surface area (Å²) in [6, 6.07) is 7.48. The maximum absolute atomic E-state index is 5.96. The molecule has 3 N–H and O–H groups in total. The standard InChI is InChI=1S/C12H13ClN4O/c1-2-18-9-5-3-8(4-6-9)16-11-10(13)7-15-12(14)17-11/h3-7H,2H2,1H3,(H3,14,15,16,17). The molecule has 0 aliphatic heterocycles. The molecule has 94 valence electrons. The van der Waals surface area contributed by atoms with E-state index in [1.807, 2.05) is 31.2 Å². The first kappa shape index (κ1) is 12.4. The third kappa shape index (κ3) is 3.01. The first-order chi connectivity index (χ1) is 8.69. The molecule has 0 saturated carbocycles. The number of nitrogen functional groups attached to an aromatic ring is 1. The molecule has 5 nitrogen and oxygen atoms in total. The zero-order valence-electron chi connectivity index (χ0n) is 9.85. The molecular weight excluding hydrogens is 252 g/mol. The molecule has 0 radical (unpaired) electrons. The highest BCUT2D eigenvalue weighted by Gasteiger charge is 2.04. The normalized spacial score (nSPS) is 10.1. The van der Waals surface area contributed by atoms with Crippen molar-refractivity contribution in [3.05, 3.63) is 35.5 Å².